The molecule has 0 fully saturated rings. The number of carbonyl (C=O) groups is 1. The standard InChI is InChI=1S/C17H18O4/c1-12-9-14(21-11-13-7-5-4-6-8-13)10-15(19-2)16(12)17(18)20-3/h4-10H,11H2,1-3H3. The van der Waals surface area contributed by atoms with Gasteiger partial charge in [-0.05, 0) is 24.1 Å². The molecule has 0 radical (unpaired) electrons. The zero-order chi connectivity index (χ0) is 15.2. The summed E-state index contributed by atoms with van der Waals surface area (Å²) < 4.78 is 15.8. The third kappa shape index (κ3) is 3.54. The Kier molecular flexibility index (Phi) is 4.82. The van der Waals surface area contributed by atoms with E-state index in [1.807, 2.05) is 37.3 Å². The van der Waals surface area contributed by atoms with Crippen LogP contribution in [0.5, 0.6) is 11.5 Å². The second-order valence-corrected chi connectivity index (χ2v) is 4.58. The summed E-state index contributed by atoms with van der Waals surface area (Å²) in [5.74, 6) is 0.685. The summed E-state index contributed by atoms with van der Waals surface area (Å²) in [7, 11) is 2.86. The van der Waals surface area contributed by atoms with Crippen LogP contribution in [0.1, 0.15) is 21.5 Å². The van der Waals surface area contributed by atoms with Crippen LogP contribution in [0, 0.1) is 6.92 Å². The summed E-state index contributed by atoms with van der Waals surface area (Å²) in [5.41, 5.74) is 2.25. The molecule has 0 aliphatic heterocycles. The van der Waals surface area contributed by atoms with Crippen LogP contribution in [0.4, 0.5) is 0 Å². The van der Waals surface area contributed by atoms with Crippen LogP contribution < -0.4 is 9.47 Å². The molecule has 0 bridgehead atoms. The summed E-state index contributed by atoms with van der Waals surface area (Å²) in [5, 5.41) is 0. The Labute approximate surface area is 124 Å². The Morgan fingerprint density at radius 1 is 1.10 bits per heavy atom. The maximum atomic E-state index is 11.8. The van der Waals surface area contributed by atoms with Gasteiger partial charge in [0.15, 0.2) is 0 Å². The maximum Gasteiger partial charge on any atom is 0.341 e. The summed E-state index contributed by atoms with van der Waals surface area (Å²) >= 11 is 0. The average Bonchev–Trinajstić information content (AvgIpc) is 2.52. The zero-order valence-electron chi connectivity index (χ0n) is 12.4. The van der Waals surface area contributed by atoms with Gasteiger partial charge in [0.2, 0.25) is 0 Å². The number of rotatable bonds is 5. The molecule has 2 rings (SSSR count). The molecule has 0 N–H and O–H groups in total. The molecule has 2 aromatic rings. The fourth-order valence-electron chi connectivity index (χ4n) is 2.07. The molecule has 0 amide bonds. The van der Waals surface area contributed by atoms with Crippen LogP contribution in [-0.4, -0.2) is 20.2 Å². The van der Waals surface area contributed by atoms with Gasteiger partial charge in [-0.1, -0.05) is 30.3 Å². The van der Waals surface area contributed by atoms with Crippen LogP contribution in [0.3, 0.4) is 0 Å². The normalized spacial score (nSPS) is 10.0. The zero-order valence-corrected chi connectivity index (χ0v) is 12.4. The van der Waals surface area contributed by atoms with Crippen LogP contribution in [0.15, 0.2) is 42.5 Å². The highest BCUT2D eigenvalue weighted by atomic mass is 16.5. The fraction of sp³-hybridized carbons (Fsp3) is 0.235. The van der Waals surface area contributed by atoms with Crippen LogP contribution >= 0.6 is 0 Å². The van der Waals surface area contributed by atoms with Crippen LogP contribution in [0.25, 0.3) is 0 Å². The van der Waals surface area contributed by atoms with E-state index in [1.165, 1.54) is 14.2 Å². The first-order chi connectivity index (χ1) is 10.2. The molecule has 110 valence electrons. The molecular weight excluding hydrogens is 268 g/mol. The monoisotopic (exact) mass is 286 g/mol. The number of methoxy groups -OCH3 is 2. The quantitative estimate of drug-likeness (QED) is 0.790. The number of hydrogen-bond acceptors (Lipinski definition) is 4. The Morgan fingerprint density at radius 3 is 2.43 bits per heavy atom. The Hall–Kier alpha value is -2.49. The Bertz CT molecular complexity index is 620. The molecule has 0 unspecified atom stereocenters. The SMILES string of the molecule is COC(=O)c1c(C)cc(OCc2ccccc2)cc1OC. The van der Waals surface area contributed by atoms with E-state index < -0.39 is 5.97 Å². The summed E-state index contributed by atoms with van der Waals surface area (Å²) in [6.07, 6.45) is 0. The van der Waals surface area contributed by atoms with E-state index in [0.29, 0.717) is 23.7 Å². The lowest BCUT2D eigenvalue weighted by atomic mass is 10.1. The lowest BCUT2D eigenvalue weighted by molar-refractivity contribution is 0.0596. The van der Waals surface area contributed by atoms with E-state index >= 15 is 0 Å². The van der Waals surface area contributed by atoms with Crippen molar-refractivity contribution in [3.63, 3.8) is 0 Å². The molecule has 0 aliphatic carbocycles. The second-order valence-electron chi connectivity index (χ2n) is 4.58. The third-order valence-electron chi connectivity index (χ3n) is 3.13. The van der Waals surface area contributed by atoms with E-state index in [-0.39, 0.29) is 0 Å². The van der Waals surface area contributed by atoms with Gasteiger partial charge in [0.1, 0.15) is 23.7 Å². The predicted molar refractivity (Wildman–Crippen MR) is 79.8 cm³/mol. The second kappa shape index (κ2) is 6.79. The molecule has 0 aliphatic rings. The van der Waals surface area contributed by atoms with Crippen molar-refractivity contribution in [2.45, 2.75) is 13.5 Å². The summed E-state index contributed by atoms with van der Waals surface area (Å²) in [6, 6.07) is 13.4. The summed E-state index contributed by atoms with van der Waals surface area (Å²) in [4.78, 5) is 11.8. The molecule has 0 saturated carbocycles. The van der Waals surface area contributed by atoms with E-state index in [0.717, 1.165) is 11.1 Å². The van der Waals surface area contributed by atoms with Gasteiger partial charge in [-0.3, -0.25) is 0 Å². The van der Waals surface area contributed by atoms with Crippen molar-refractivity contribution in [2.24, 2.45) is 0 Å². The highest BCUT2D eigenvalue weighted by Crippen LogP contribution is 2.29. The molecule has 2 aromatic carbocycles. The van der Waals surface area contributed by atoms with Crippen molar-refractivity contribution in [1.82, 2.24) is 0 Å². The lowest BCUT2D eigenvalue weighted by Gasteiger charge is -2.13. The topological polar surface area (TPSA) is 44.8 Å². The van der Waals surface area contributed by atoms with E-state index in [2.05, 4.69) is 0 Å². The summed E-state index contributed by atoms with van der Waals surface area (Å²) in [6.45, 7) is 2.28. The number of hydrogen-bond donors (Lipinski definition) is 0. The van der Waals surface area contributed by atoms with Crippen molar-refractivity contribution in [3.05, 3.63) is 59.2 Å². The van der Waals surface area contributed by atoms with Gasteiger partial charge in [-0.2, -0.15) is 0 Å². The first-order valence-electron chi connectivity index (χ1n) is 6.59. The van der Waals surface area contributed by atoms with Gasteiger partial charge < -0.3 is 14.2 Å². The van der Waals surface area contributed by atoms with E-state index in [4.69, 9.17) is 14.2 Å². The number of carbonyl (C=O) groups excluding carboxylic acids is 1. The average molecular weight is 286 g/mol. The minimum absolute atomic E-state index is 0.418. The van der Waals surface area contributed by atoms with Gasteiger partial charge in [-0.25, -0.2) is 4.79 Å². The van der Waals surface area contributed by atoms with Crippen molar-refractivity contribution in [2.75, 3.05) is 14.2 Å². The molecular formula is C17H18O4. The van der Waals surface area contributed by atoms with Gasteiger partial charge >= 0.3 is 5.97 Å². The van der Waals surface area contributed by atoms with Crippen molar-refractivity contribution < 1.29 is 19.0 Å². The fourth-order valence-corrected chi connectivity index (χ4v) is 2.07. The molecule has 0 spiro atoms. The molecule has 4 heteroatoms. The largest absolute Gasteiger partial charge is 0.496 e. The molecule has 4 nitrogen and oxygen atoms in total. The van der Waals surface area contributed by atoms with E-state index in [9.17, 15) is 4.79 Å². The number of benzene rings is 2. The molecule has 0 heterocycles. The van der Waals surface area contributed by atoms with Crippen LogP contribution in [0.2, 0.25) is 0 Å². The third-order valence-corrected chi connectivity index (χ3v) is 3.13. The predicted octanol–water partition coefficient (Wildman–Crippen LogP) is 3.37. The smallest absolute Gasteiger partial charge is 0.341 e. The first kappa shape index (κ1) is 14.9. The molecule has 0 aromatic heterocycles. The van der Waals surface area contributed by atoms with Gasteiger partial charge in [0.05, 0.1) is 14.2 Å². The van der Waals surface area contributed by atoms with Gasteiger partial charge in [-0.15, -0.1) is 0 Å². The Balaban J connectivity index is 2.22. The molecule has 21 heavy (non-hydrogen) atoms. The molecule has 0 saturated heterocycles. The number of aryl methyl sites for hydroxylation is 1. The van der Waals surface area contributed by atoms with Crippen molar-refractivity contribution in [1.29, 1.82) is 0 Å². The van der Waals surface area contributed by atoms with Crippen molar-refractivity contribution in [3.8, 4) is 11.5 Å². The van der Waals surface area contributed by atoms with E-state index in [1.54, 1.807) is 12.1 Å². The number of ether oxygens (including phenoxy) is 3. The highest BCUT2D eigenvalue weighted by molar-refractivity contribution is 5.94. The van der Waals surface area contributed by atoms with Crippen molar-refractivity contribution >= 4 is 5.97 Å². The van der Waals surface area contributed by atoms with Crippen LogP contribution in [-0.2, 0) is 11.3 Å². The van der Waals surface area contributed by atoms with Gasteiger partial charge in [0.25, 0.3) is 0 Å². The minimum atomic E-state index is -0.418. The Morgan fingerprint density at radius 2 is 1.81 bits per heavy atom. The maximum absolute atomic E-state index is 11.8. The lowest BCUT2D eigenvalue weighted by Crippen LogP contribution is -2.07. The molecule has 0 atom stereocenters. The first-order valence-corrected chi connectivity index (χ1v) is 6.59. The van der Waals surface area contributed by atoms with Gasteiger partial charge in [0, 0.05) is 6.07 Å². The highest BCUT2D eigenvalue weighted by Gasteiger charge is 2.17. The minimum Gasteiger partial charge on any atom is -0.496 e. The number of esters is 1.